The Bertz CT molecular complexity index is 1140. The molecule has 2 aliphatic rings. The van der Waals surface area contributed by atoms with E-state index in [-0.39, 0.29) is 0 Å². The Kier molecular flexibility index (Phi) is 2.80. The fourth-order valence-electron chi connectivity index (χ4n) is 3.76. The molecule has 110 valence electrons. The van der Waals surface area contributed by atoms with Crippen LogP contribution in [0.15, 0.2) is 51.4 Å². The third kappa shape index (κ3) is 1.76. The number of fused-ring (bicyclic) bond motifs is 7. The van der Waals surface area contributed by atoms with Crippen LogP contribution in [0.3, 0.4) is 0 Å². The van der Waals surface area contributed by atoms with Crippen LogP contribution in [-0.2, 0) is 0 Å². The highest BCUT2D eigenvalue weighted by Crippen LogP contribution is 2.38. The number of rotatable bonds is 0. The minimum absolute atomic E-state index is 1.11. The largest absolute Gasteiger partial charge is 0.0616 e. The van der Waals surface area contributed by atoms with Crippen molar-refractivity contribution in [3.8, 4) is 22.3 Å². The van der Waals surface area contributed by atoms with Crippen molar-refractivity contribution in [2.45, 2.75) is 6.92 Å². The lowest BCUT2D eigenvalue weighted by molar-refractivity contribution is 1.39. The summed E-state index contributed by atoms with van der Waals surface area (Å²) >= 11 is 7.36. The first-order chi connectivity index (χ1) is 11.1. The fourth-order valence-corrected chi connectivity index (χ4v) is 4.62. The van der Waals surface area contributed by atoms with Crippen LogP contribution in [0.1, 0.15) is 16.7 Å². The molecular weight excluding hydrogens is 412 g/mol. The van der Waals surface area contributed by atoms with E-state index in [1.807, 2.05) is 0 Å². The van der Waals surface area contributed by atoms with E-state index >= 15 is 0 Å². The minimum Gasteiger partial charge on any atom is -0.0616 e. The lowest BCUT2D eigenvalue weighted by Crippen LogP contribution is -2.25. The maximum absolute atomic E-state index is 3.69. The van der Waals surface area contributed by atoms with Gasteiger partial charge >= 0.3 is 0 Å². The lowest BCUT2D eigenvalue weighted by Gasteiger charge is -2.09. The standard InChI is InChI=1S/C21H12Br2/c1-11-16-9-18-15(19(16)10-20(22)21(11)23)7-6-14-13-5-3-2-4-12(13)8-17(14)18/h2-10H,1H3. The molecule has 0 heterocycles. The predicted molar refractivity (Wildman–Crippen MR) is 104 cm³/mol. The van der Waals surface area contributed by atoms with Crippen LogP contribution < -0.4 is 10.4 Å². The molecule has 0 aromatic heterocycles. The Labute approximate surface area is 151 Å². The topological polar surface area (TPSA) is 0 Å². The third-order valence-electron chi connectivity index (χ3n) is 4.92. The lowest BCUT2D eigenvalue weighted by atomic mass is 9.99. The molecular formula is C21H12Br2. The van der Waals surface area contributed by atoms with Gasteiger partial charge in [0.1, 0.15) is 0 Å². The second-order valence-electron chi connectivity index (χ2n) is 6.12. The molecule has 2 heteroatoms. The molecule has 2 aliphatic carbocycles. The quantitative estimate of drug-likeness (QED) is 0.323. The number of hydrogen-bond acceptors (Lipinski definition) is 0. The monoisotopic (exact) mass is 422 g/mol. The van der Waals surface area contributed by atoms with Crippen molar-refractivity contribution in [3.63, 3.8) is 0 Å². The third-order valence-corrected chi connectivity index (χ3v) is 7.10. The SMILES string of the molecule is Cc1c(Br)c(Br)cc2c1C=c1c-2ccc2c1=Cc1ccccc1-2. The Morgan fingerprint density at radius 3 is 2.26 bits per heavy atom. The van der Waals surface area contributed by atoms with Crippen LogP contribution in [-0.4, -0.2) is 0 Å². The molecule has 0 N–H and O–H groups in total. The molecule has 0 bridgehead atoms. The van der Waals surface area contributed by atoms with Gasteiger partial charge in [-0.2, -0.15) is 0 Å². The molecule has 0 nitrogen and oxygen atoms in total. The molecule has 0 spiro atoms. The Hall–Kier alpha value is -1.64. The van der Waals surface area contributed by atoms with E-state index < -0.39 is 0 Å². The van der Waals surface area contributed by atoms with Gasteiger partial charge in [-0.05, 0) is 106 Å². The van der Waals surface area contributed by atoms with E-state index in [1.165, 1.54) is 49.4 Å². The van der Waals surface area contributed by atoms with E-state index in [2.05, 4.69) is 93.4 Å². The van der Waals surface area contributed by atoms with Crippen LogP contribution in [0.2, 0.25) is 0 Å². The van der Waals surface area contributed by atoms with E-state index in [1.54, 1.807) is 0 Å². The molecule has 0 radical (unpaired) electrons. The van der Waals surface area contributed by atoms with Crippen molar-refractivity contribution in [1.82, 2.24) is 0 Å². The fraction of sp³-hybridized carbons (Fsp3) is 0.0476. The molecule has 0 fully saturated rings. The van der Waals surface area contributed by atoms with Crippen molar-refractivity contribution in [2.24, 2.45) is 0 Å². The van der Waals surface area contributed by atoms with Crippen molar-refractivity contribution >= 4 is 44.0 Å². The maximum atomic E-state index is 3.69. The van der Waals surface area contributed by atoms with Gasteiger partial charge in [0.25, 0.3) is 0 Å². The summed E-state index contributed by atoms with van der Waals surface area (Å²) in [7, 11) is 0. The molecule has 0 saturated heterocycles. The zero-order valence-electron chi connectivity index (χ0n) is 12.5. The van der Waals surface area contributed by atoms with Gasteiger partial charge in [-0.25, -0.2) is 0 Å². The number of hydrogen-bond donors (Lipinski definition) is 0. The highest BCUT2D eigenvalue weighted by molar-refractivity contribution is 9.13. The smallest absolute Gasteiger partial charge is 0.0353 e. The summed E-state index contributed by atoms with van der Waals surface area (Å²) in [5, 5.41) is 2.70. The second-order valence-corrected chi connectivity index (χ2v) is 7.77. The van der Waals surface area contributed by atoms with Crippen LogP contribution in [0.25, 0.3) is 34.4 Å². The maximum Gasteiger partial charge on any atom is 0.0353 e. The van der Waals surface area contributed by atoms with Crippen LogP contribution in [0, 0.1) is 6.92 Å². The summed E-state index contributed by atoms with van der Waals surface area (Å²) in [5.74, 6) is 0. The molecule has 3 aromatic carbocycles. The predicted octanol–water partition coefficient (Wildman–Crippen LogP) is 5.14. The molecule has 23 heavy (non-hydrogen) atoms. The summed E-state index contributed by atoms with van der Waals surface area (Å²) in [6.45, 7) is 2.18. The summed E-state index contributed by atoms with van der Waals surface area (Å²) in [6, 6.07) is 15.4. The van der Waals surface area contributed by atoms with Crippen molar-refractivity contribution in [2.75, 3.05) is 0 Å². The Morgan fingerprint density at radius 1 is 0.739 bits per heavy atom. The highest BCUT2D eigenvalue weighted by atomic mass is 79.9. The van der Waals surface area contributed by atoms with Crippen molar-refractivity contribution in [3.05, 3.63) is 78.5 Å². The molecule has 0 saturated carbocycles. The van der Waals surface area contributed by atoms with Gasteiger partial charge in [-0.15, -0.1) is 0 Å². The van der Waals surface area contributed by atoms with E-state index in [0.29, 0.717) is 0 Å². The molecule has 0 aliphatic heterocycles. The molecule has 0 unspecified atom stereocenters. The summed E-state index contributed by atoms with van der Waals surface area (Å²) in [6.07, 6.45) is 4.67. The highest BCUT2D eigenvalue weighted by Gasteiger charge is 2.21. The van der Waals surface area contributed by atoms with Gasteiger partial charge in [0, 0.05) is 8.95 Å². The van der Waals surface area contributed by atoms with E-state index in [4.69, 9.17) is 0 Å². The van der Waals surface area contributed by atoms with Crippen LogP contribution >= 0.6 is 31.9 Å². The van der Waals surface area contributed by atoms with Gasteiger partial charge in [-0.3, -0.25) is 0 Å². The molecule has 0 amide bonds. The summed E-state index contributed by atoms with van der Waals surface area (Å²) in [4.78, 5) is 0. The van der Waals surface area contributed by atoms with Gasteiger partial charge in [-0.1, -0.05) is 36.4 Å². The van der Waals surface area contributed by atoms with Gasteiger partial charge in [0.15, 0.2) is 0 Å². The summed E-state index contributed by atoms with van der Waals surface area (Å²) in [5.41, 5.74) is 9.27. The molecule has 5 rings (SSSR count). The molecule has 3 aromatic rings. The van der Waals surface area contributed by atoms with Gasteiger partial charge in [0.05, 0.1) is 0 Å². The number of benzene rings is 3. The average molecular weight is 424 g/mol. The molecule has 0 atom stereocenters. The van der Waals surface area contributed by atoms with Crippen LogP contribution in [0.5, 0.6) is 0 Å². The van der Waals surface area contributed by atoms with Gasteiger partial charge in [0.2, 0.25) is 0 Å². The van der Waals surface area contributed by atoms with E-state index in [9.17, 15) is 0 Å². The first-order valence-electron chi connectivity index (χ1n) is 7.60. The number of halogens is 2. The minimum atomic E-state index is 1.11. The van der Waals surface area contributed by atoms with E-state index in [0.717, 1.165) is 8.95 Å². The van der Waals surface area contributed by atoms with Gasteiger partial charge < -0.3 is 0 Å². The first kappa shape index (κ1) is 13.8. The van der Waals surface area contributed by atoms with Crippen molar-refractivity contribution in [1.29, 1.82) is 0 Å². The zero-order valence-corrected chi connectivity index (χ0v) is 15.6. The zero-order chi connectivity index (χ0) is 15.7. The normalized spacial score (nSPS) is 12.8. The first-order valence-corrected chi connectivity index (χ1v) is 9.18. The Morgan fingerprint density at radius 2 is 1.43 bits per heavy atom. The van der Waals surface area contributed by atoms with Crippen molar-refractivity contribution < 1.29 is 0 Å². The van der Waals surface area contributed by atoms with Crippen LogP contribution in [0.4, 0.5) is 0 Å². The average Bonchev–Trinajstić information content (AvgIpc) is 3.11. The second kappa shape index (κ2) is 4.68. The Balaban J connectivity index is 1.90. The summed E-state index contributed by atoms with van der Waals surface area (Å²) < 4.78 is 2.26.